The van der Waals surface area contributed by atoms with Gasteiger partial charge < -0.3 is 0 Å². The Morgan fingerprint density at radius 3 is 2.80 bits per heavy atom. The van der Waals surface area contributed by atoms with Crippen molar-refractivity contribution in [2.75, 3.05) is 0 Å². The molecule has 76 valence electrons. The third-order valence-electron chi connectivity index (χ3n) is 2.76. The molecule has 0 N–H and O–H groups in total. The topological polar surface area (TPSA) is 25.8 Å². The molecule has 1 heterocycles. The monoisotopic (exact) mass is 218 g/mol. The van der Waals surface area contributed by atoms with Crippen LogP contribution in [0.3, 0.4) is 0 Å². The van der Waals surface area contributed by atoms with Crippen molar-refractivity contribution < 1.29 is 0 Å². The summed E-state index contributed by atoms with van der Waals surface area (Å²) >= 11 is 6.15. The van der Waals surface area contributed by atoms with Gasteiger partial charge in [0.05, 0.1) is 5.52 Å². The number of hydrogen-bond acceptors (Lipinski definition) is 2. The van der Waals surface area contributed by atoms with Crippen LogP contribution in [0.1, 0.15) is 30.1 Å². The van der Waals surface area contributed by atoms with Gasteiger partial charge in [-0.3, -0.25) is 0 Å². The van der Waals surface area contributed by atoms with Gasteiger partial charge in [-0.1, -0.05) is 23.2 Å². The first-order chi connectivity index (χ1) is 7.24. The summed E-state index contributed by atoms with van der Waals surface area (Å²) in [6.45, 7) is 2.05. The molecule has 1 saturated carbocycles. The van der Waals surface area contributed by atoms with Crippen molar-refractivity contribution in [3.8, 4) is 0 Å². The fraction of sp³-hybridized carbons (Fsp3) is 0.333. The molecule has 15 heavy (non-hydrogen) atoms. The van der Waals surface area contributed by atoms with Crippen molar-refractivity contribution in [3.05, 3.63) is 34.7 Å². The van der Waals surface area contributed by atoms with Gasteiger partial charge in [0.15, 0.2) is 0 Å². The summed E-state index contributed by atoms with van der Waals surface area (Å²) in [5.41, 5.74) is 2.15. The number of fused-ring (bicyclic) bond motifs is 1. The lowest BCUT2D eigenvalue weighted by molar-refractivity contribution is 0.948. The van der Waals surface area contributed by atoms with Gasteiger partial charge in [-0.05, 0) is 31.9 Å². The molecule has 0 unspecified atom stereocenters. The lowest BCUT2D eigenvalue weighted by Gasteiger charge is -2.03. The van der Waals surface area contributed by atoms with Crippen LogP contribution in [-0.2, 0) is 0 Å². The van der Waals surface area contributed by atoms with Gasteiger partial charge in [0.25, 0.3) is 0 Å². The predicted molar refractivity (Wildman–Crippen MR) is 61.3 cm³/mol. The Kier molecular flexibility index (Phi) is 1.93. The molecular formula is C12H11ClN2. The van der Waals surface area contributed by atoms with Crippen LogP contribution in [0.4, 0.5) is 0 Å². The van der Waals surface area contributed by atoms with Crippen molar-refractivity contribution in [2.45, 2.75) is 25.7 Å². The highest BCUT2D eigenvalue weighted by molar-refractivity contribution is 6.34. The molecule has 3 heteroatoms. The molecule has 0 bridgehead atoms. The average molecular weight is 219 g/mol. The van der Waals surface area contributed by atoms with Gasteiger partial charge >= 0.3 is 0 Å². The number of halogens is 1. The second-order valence-electron chi connectivity index (χ2n) is 4.17. The van der Waals surface area contributed by atoms with Crippen LogP contribution in [0.2, 0.25) is 5.15 Å². The maximum atomic E-state index is 6.15. The van der Waals surface area contributed by atoms with Crippen LogP contribution in [0.5, 0.6) is 0 Å². The zero-order valence-corrected chi connectivity index (χ0v) is 9.25. The van der Waals surface area contributed by atoms with E-state index in [-0.39, 0.29) is 0 Å². The summed E-state index contributed by atoms with van der Waals surface area (Å²) in [5.74, 6) is 1.46. The zero-order chi connectivity index (χ0) is 10.4. The van der Waals surface area contributed by atoms with Crippen molar-refractivity contribution in [2.24, 2.45) is 0 Å². The Labute approximate surface area is 93.3 Å². The smallest absolute Gasteiger partial charge is 0.140 e. The molecule has 1 aromatic heterocycles. The van der Waals surface area contributed by atoms with E-state index in [9.17, 15) is 0 Å². The Morgan fingerprint density at radius 2 is 2.07 bits per heavy atom. The number of aromatic nitrogens is 2. The van der Waals surface area contributed by atoms with Gasteiger partial charge in [-0.25, -0.2) is 9.97 Å². The van der Waals surface area contributed by atoms with E-state index in [2.05, 4.69) is 16.0 Å². The largest absolute Gasteiger partial charge is 0.232 e. The van der Waals surface area contributed by atoms with Crippen LogP contribution in [0.25, 0.3) is 10.9 Å². The Hall–Kier alpha value is -1.15. The highest BCUT2D eigenvalue weighted by atomic mass is 35.5. The van der Waals surface area contributed by atoms with Crippen LogP contribution < -0.4 is 0 Å². The predicted octanol–water partition coefficient (Wildman–Crippen LogP) is 3.47. The number of nitrogens with zero attached hydrogens (tertiary/aromatic N) is 2. The highest BCUT2D eigenvalue weighted by Gasteiger charge is 2.27. The lowest BCUT2D eigenvalue weighted by Crippen LogP contribution is -1.94. The molecule has 1 fully saturated rings. The Bertz CT molecular complexity index is 532. The summed E-state index contributed by atoms with van der Waals surface area (Å²) in [4.78, 5) is 8.90. The van der Waals surface area contributed by atoms with E-state index in [4.69, 9.17) is 11.6 Å². The quantitative estimate of drug-likeness (QED) is 0.685. The minimum atomic E-state index is 0.549. The molecule has 0 atom stereocenters. The zero-order valence-electron chi connectivity index (χ0n) is 8.50. The number of benzene rings is 1. The van der Waals surface area contributed by atoms with Crippen molar-refractivity contribution in [1.82, 2.24) is 9.97 Å². The molecule has 0 radical (unpaired) electrons. The summed E-state index contributed by atoms with van der Waals surface area (Å²) in [6, 6.07) is 6.11. The summed E-state index contributed by atoms with van der Waals surface area (Å²) in [7, 11) is 0. The van der Waals surface area contributed by atoms with Gasteiger partial charge in [0, 0.05) is 11.3 Å². The first kappa shape index (κ1) is 9.10. The van der Waals surface area contributed by atoms with Crippen molar-refractivity contribution >= 4 is 22.5 Å². The standard InChI is InChI=1S/C12H11ClN2/c1-7-2-5-10-9(6-7)11(13)15-12(14-10)8-3-4-8/h2,5-6,8H,3-4H2,1H3. The normalized spacial score (nSPS) is 15.9. The van der Waals surface area contributed by atoms with Gasteiger partial charge in [0.1, 0.15) is 11.0 Å². The molecule has 0 spiro atoms. The first-order valence-electron chi connectivity index (χ1n) is 5.18. The minimum absolute atomic E-state index is 0.549. The number of rotatable bonds is 1. The van der Waals surface area contributed by atoms with E-state index in [0.717, 1.165) is 16.7 Å². The SMILES string of the molecule is Cc1ccc2nc(C3CC3)nc(Cl)c2c1. The van der Waals surface area contributed by atoms with Crippen LogP contribution in [-0.4, -0.2) is 9.97 Å². The van der Waals surface area contributed by atoms with Crippen molar-refractivity contribution in [1.29, 1.82) is 0 Å². The van der Waals surface area contributed by atoms with Gasteiger partial charge in [-0.15, -0.1) is 0 Å². The number of aryl methyl sites for hydroxylation is 1. The second kappa shape index (κ2) is 3.17. The lowest BCUT2D eigenvalue weighted by atomic mass is 10.2. The average Bonchev–Trinajstić information content (AvgIpc) is 3.02. The number of hydrogen-bond donors (Lipinski definition) is 0. The summed E-state index contributed by atoms with van der Waals surface area (Å²) < 4.78 is 0. The molecule has 1 aliphatic rings. The molecule has 1 aliphatic carbocycles. The maximum Gasteiger partial charge on any atom is 0.140 e. The first-order valence-corrected chi connectivity index (χ1v) is 5.55. The van der Waals surface area contributed by atoms with Crippen LogP contribution >= 0.6 is 11.6 Å². The third-order valence-corrected chi connectivity index (χ3v) is 3.05. The highest BCUT2D eigenvalue weighted by Crippen LogP contribution is 2.39. The molecule has 1 aromatic carbocycles. The molecule has 3 rings (SSSR count). The van der Waals surface area contributed by atoms with E-state index >= 15 is 0 Å². The van der Waals surface area contributed by atoms with E-state index in [1.807, 2.05) is 19.1 Å². The van der Waals surface area contributed by atoms with Gasteiger partial charge in [-0.2, -0.15) is 0 Å². The van der Waals surface area contributed by atoms with Gasteiger partial charge in [0.2, 0.25) is 0 Å². The molecule has 0 saturated heterocycles. The Morgan fingerprint density at radius 1 is 1.27 bits per heavy atom. The molecule has 0 aliphatic heterocycles. The Balaban J connectivity index is 2.26. The molecular weight excluding hydrogens is 208 g/mol. The third kappa shape index (κ3) is 1.59. The molecule has 2 aromatic rings. The van der Waals surface area contributed by atoms with Crippen LogP contribution in [0.15, 0.2) is 18.2 Å². The van der Waals surface area contributed by atoms with E-state index in [0.29, 0.717) is 11.1 Å². The van der Waals surface area contributed by atoms with E-state index < -0.39 is 0 Å². The summed E-state index contributed by atoms with van der Waals surface area (Å²) in [5, 5.41) is 1.55. The maximum absolute atomic E-state index is 6.15. The fourth-order valence-corrected chi connectivity index (χ4v) is 1.98. The van der Waals surface area contributed by atoms with E-state index in [1.54, 1.807) is 0 Å². The van der Waals surface area contributed by atoms with E-state index in [1.165, 1.54) is 18.4 Å². The van der Waals surface area contributed by atoms with Crippen molar-refractivity contribution in [3.63, 3.8) is 0 Å². The minimum Gasteiger partial charge on any atom is -0.232 e. The fourth-order valence-electron chi connectivity index (χ4n) is 1.75. The summed E-state index contributed by atoms with van der Waals surface area (Å²) in [6.07, 6.45) is 2.40. The van der Waals surface area contributed by atoms with Crippen LogP contribution in [0, 0.1) is 6.92 Å². The second-order valence-corrected chi connectivity index (χ2v) is 4.53. The molecule has 2 nitrogen and oxygen atoms in total. The molecule has 0 amide bonds.